The van der Waals surface area contributed by atoms with E-state index in [1.54, 1.807) is 6.07 Å². The van der Waals surface area contributed by atoms with E-state index >= 15 is 0 Å². The fourth-order valence-corrected chi connectivity index (χ4v) is 2.67. The summed E-state index contributed by atoms with van der Waals surface area (Å²) in [6, 6.07) is 2.73. The fourth-order valence-electron chi connectivity index (χ4n) is 1.02. The molecule has 0 unspecified atom stereocenters. The Labute approximate surface area is 102 Å². The highest BCUT2D eigenvalue weighted by molar-refractivity contribution is 9.10. The number of aromatic nitrogens is 2. The van der Waals surface area contributed by atoms with Gasteiger partial charge in [0.25, 0.3) is 5.56 Å². The van der Waals surface area contributed by atoms with Crippen LogP contribution in [0.2, 0.25) is 4.34 Å². The third kappa shape index (κ3) is 2.22. The van der Waals surface area contributed by atoms with Crippen LogP contribution in [0.4, 0.5) is 0 Å². The number of nitrogens with one attached hydrogen (secondary N) is 1. The third-order valence-corrected chi connectivity index (χ3v) is 4.09. The minimum absolute atomic E-state index is 0.303. The number of thiophene rings is 1. The molecular formula is C8H4BrClN2O2S. The molecular weight excluding hydrogens is 304 g/mol. The number of nitrogens with zero attached hydrogens (tertiary/aromatic N) is 1. The molecule has 78 valence electrons. The number of rotatable bonds is 1. The van der Waals surface area contributed by atoms with Gasteiger partial charge in [-0.25, -0.2) is 0 Å². The van der Waals surface area contributed by atoms with Crippen molar-refractivity contribution in [2.24, 2.45) is 0 Å². The number of aromatic amines is 1. The SMILES string of the molecule is O=c1cc(O)nc(-c2cc(Br)c(Cl)s2)[nH]1. The second kappa shape index (κ2) is 3.96. The summed E-state index contributed by atoms with van der Waals surface area (Å²) in [6.07, 6.45) is 0. The zero-order valence-electron chi connectivity index (χ0n) is 7.12. The average molecular weight is 308 g/mol. The van der Waals surface area contributed by atoms with Crippen LogP contribution in [-0.2, 0) is 0 Å². The van der Waals surface area contributed by atoms with Gasteiger partial charge >= 0.3 is 0 Å². The molecule has 4 nitrogen and oxygen atoms in total. The van der Waals surface area contributed by atoms with Crippen LogP contribution in [0.3, 0.4) is 0 Å². The Kier molecular flexibility index (Phi) is 2.81. The van der Waals surface area contributed by atoms with Crippen molar-refractivity contribution in [3.8, 4) is 16.6 Å². The maximum Gasteiger partial charge on any atom is 0.254 e. The lowest BCUT2D eigenvalue weighted by Gasteiger charge is -1.95. The van der Waals surface area contributed by atoms with Crippen molar-refractivity contribution >= 4 is 38.9 Å². The lowest BCUT2D eigenvalue weighted by Crippen LogP contribution is -2.05. The van der Waals surface area contributed by atoms with Gasteiger partial charge in [-0.05, 0) is 22.0 Å². The molecule has 0 fully saturated rings. The highest BCUT2D eigenvalue weighted by Gasteiger charge is 2.09. The van der Waals surface area contributed by atoms with Crippen LogP contribution in [0.15, 0.2) is 21.4 Å². The Balaban J connectivity index is 2.58. The Morgan fingerprint density at radius 3 is 2.80 bits per heavy atom. The Hall–Kier alpha value is -0.850. The van der Waals surface area contributed by atoms with Gasteiger partial charge in [-0.2, -0.15) is 4.98 Å². The molecule has 0 aliphatic carbocycles. The number of halogens is 2. The number of hydrogen-bond acceptors (Lipinski definition) is 4. The molecule has 0 amide bonds. The predicted molar refractivity (Wildman–Crippen MR) is 62.5 cm³/mol. The molecule has 2 heterocycles. The molecule has 0 spiro atoms. The van der Waals surface area contributed by atoms with E-state index in [-0.39, 0.29) is 5.88 Å². The molecule has 0 saturated carbocycles. The van der Waals surface area contributed by atoms with E-state index in [1.165, 1.54) is 11.3 Å². The average Bonchev–Trinajstić information content (AvgIpc) is 2.45. The van der Waals surface area contributed by atoms with Crippen LogP contribution in [-0.4, -0.2) is 15.1 Å². The summed E-state index contributed by atoms with van der Waals surface area (Å²) in [5.74, 6) is -0.00741. The zero-order chi connectivity index (χ0) is 11.0. The van der Waals surface area contributed by atoms with Gasteiger partial charge in [-0.1, -0.05) is 11.6 Å². The molecule has 0 bridgehead atoms. The van der Waals surface area contributed by atoms with E-state index in [4.69, 9.17) is 16.7 Å². The molecule has 7 heteroatoms. The molecule has 0 atom stereocenters. The Morgan fingerprint density at radius 1 is 1.53 bits per heavy atom. The van der Waals surface area contributed by atoms with Gasteiger partial charge in [0.15, 0.2) is 5.82 Å². The Morgan fingerprint density at radius 2 is 2.27 bits per heavy atom. The van der Waals surface area contributed by atoms with Crippen LogP contribution in [0.1, 0.15) is 0 Å². The van der Waals surface area contributed by atoms with Crippen molar-refractivity contribution in [2.75, 3.05) is 0 Å². The first kappa shape index (κ1) is 10.7. The fraction of sp³-hybridized carbons (Fsp3) is 0. The van der Waals surface area contributed by atoms with E-state index in [9.17, 15) is 4.79 Å². The highest BCUT2D eigenvalue weighted by Crippen LogP contribution is 2.36. The van der Waals surface area contributed by atoms with E-state index in [0.717, 1.165) is 10.5 Å². The minimum atomic E-state index is -0.404. The molecule has 15 heavy (non-hydrogen) atoms. The van der Waals surface area contributed by atoms with Crippen molar-refractivity contribution in [2.45, 2.75) is 0 Å². The molecule has 2 rings (SSSR count). The van der Waals surface area contributed by atoms with Gasteiger partial charge in [-0.3, -0.25) is 4.79 Å². The van der Waals surface area contributed by atoms with Crippen molar-refractivity contribution in [3.05, 3.63) is 31.3 Å². The third-order valence-electron chi connectivity index (χ3n) is 1.61. The van der Waals surface area contributed by atoms with Gasteiger partial charge in [0.05, 0.1) is 10.9 Å². The molecule has 2 N–H and O–H groups in total. The maximum absolute atomic E-state index is 11.1. The Bertz CT molecular complexity index is 547. The van der Waals surface area contributed by atoms with Gasteiger partial charge in [0, 0.05) is 4.47 Å². The summed E-state index contributed by atoms with van der Waals surface area (Å²) < 4.78 is 1.30. The first-order valence-corrected chi connectivity index (χ1v) is 5.80. The summed E-state index contributed by atoms with van der Waals surface area (Å²) in [7, 11) is 0. The van der Waals surface area contributed by atoms with Crippen LogP contribution in [0.5, 0.6) is 5.88 Å². The van der Waals surface area contributed by atoms with Crippen LogP contribution in [0.25, 0.3) is 10.7 Å². The van der Waals surface area contributed by atoms with Gasteiger partial charge in [0.2, 0.25) is 5.88 Å². The monoisotopic (exact) mass is 306 g/mol. The summed E-state index contributed by atoms with van der Waals surface area (Å²) in [5, 5.41) is 9.16. The van der Waals surface area contributed by atoms with E-state index < -0.39 is 5.56 Å². The second-order valence-electron chi connectivity index (χ2n) is 2.68. The first-order valence-electron chi connectivity index (χ1n) is 3.82. The smallest absolute Gasteiger partial charge is 0.254 e. The van der Waals surface area contributed by atoms with Crippen molar-refractivity contribution in [1.29, 1.82) is 0 Å². The van der Waals surface area contributed by atoms with Gasteiger partial charge < -0.3 is 10.1 Å². The highest BCUT2D eigenvalue weighted by atomic mass is 79.9. The summed E-state index contributed by atoms with van der Waals surface area (Å²) in [6.45, 7) is 0. The standard InChI is InChI=1S/C8H4BrClN2O2S/c9-3-1-4(15-7(3)10)8-11-5(13)2-6(14)12-8/h1-2H,(H2,11,12,13,14). The molecule has 2 aromatic heterocycles. The molecule has 0 aliphatic heterocycles. The van der Waals surface area contributed by atoms with Crippen LogP contribution < -0.4 is 5.56 Å². The lowest BCUT2D eigenvalue weighted by atomic mass is 10.4. The van der Waals surface area contributed by atoms with Crippen LogP contribution >= 0.6 is 38.9 Å². The minimum Gasteiger partial charge on any atom is -0.493 e. The van der Waals surface area contributed by atoms with Crippen molar-refractivity contribution in [3.63, 3.8) is 0 Å². The number of aromatic hydroxyl groups is 1. The van der Waals surface area contributed by atoms with Crippen molar-refractivity contribution in [1.82, 2.24) is 9.97 Å². The maximum atomic E-state index is 11.1. The predicted octanol–water partition coefficient (Wildman–Crippen LogP) is 2.62. The summed E-state index contributed by atoms with van der Waals surface area (Å²) in [5.41, 5.74) is -0.404. The molecule has 0 radical (unpaired) electrons. The molecule has 0 aliphatic rings. The quantitative estimate of drug-likeness (QED) is 0.851. The summed E-state index contributed by atoms with van der Waals surface area (Å²) in [4.78, 5) is 18.1. The van der Waals surface area contributed by atoms with Gasteiger partial charge in [-0.15, -0.1) is 11.3 Å². The first-order chi connectivity index (χ1) is 7.06. The second-order valence-corrected chi connectivity index (χ2v) is 5.19. The van der Waals surface area contributed by atoms with Gasteiger partial charge in [0.1, 0.15) is 4.34 Å². The zero-order valence-corrected chi connectivity index (χ0v) is 10.3. The molecule has 0 saturated heterocycles. The number of hydrogen-bond donors (Lipinski definition) is 2. The molecule has 2 aromatic rings. The lowest BCUT2D eigenvalue weighted by molar-refractivity contribution is 0.452. The topological polar surface area (TPSA) is 66.0 Å². The molecule has 0 aromatic carbocycles. The summed E-state index contributed by atoms with van der Waals surface area (Å²) >= 11 is 10.4. The normalized spacial score (nSPS) is 10.5. The number of H-pyrrole nitrogens is 1. The van der Waals surface area contributed by atoms with E-state index in [2.05, 4.69) is 25.9 Å². The van der Waals surface area contributed by atoms with Crippen molar-refractivity contribution < 1.29 is 5.11 Å². The van der Waals surface area contributed by atoms with E-state index in [0.29, 0.717) is 15.0 Å². The largest absolute Gasteiger partial charge is 0.493 e. The van der Waals surface area contributed by atoms with Crippen LogP contribution in [0, 0.1) is 0 Å². The van der Waals surface area contributed by atoms with E-state index in [1.807, 2.05) is 0 Å².